The molecule has 0 aliphatic heterocycles. The van der Waals surface area contributed by atoms with Gasteiger partial charge in [0.1, 0.15) is 12.5 Å². The first-order chi connectivity index (χ1) is 3.84. The Hall–Kier alpha value is -0.860. The highest BCUT2D eigenvalue weighted by Gasteiger charge is 1.93. The molecular weight excluding hydrogens is 107 g/mol. The number of aromatic nitrogens is 2. The zero-order valence-corrected chi connectivity index (χ0v) is 4.63. The zero-order chi connectivity index (χ0) is 5.98. The third kappa shape index (κ3) is 0.710. The molecule has 0 N–H and O–H groups in total. The highest BCUT2D eigenvalue weighted by Crippen LogP contribution is 1.94. The summed E-state index contributed by atoms with van der Waals surface area (Å²) >= 11 is 0. The fourth-order valence-corrected chi connectivity index (χ4v) is 0.525. The van der Waals surface area contributed by atoms with Crippen molar-refractivity contribution in [2.75, 3.05) is 0 Å². The quantitative estimate of drug-likeness (QED) is 0.530. The number of imidazole rings is 1. The molecule has 0 aliphatic carbocycles. The summed E-state index contributed by atoms with van der Waals surface area (Å²) in [6, 6.07) is 0. The molecule has 1 aromatic heterocycles. The molecule has 0 saturated heterocycles. The van der Waals surface area contributed by atoms with Gasteiger partial charge in [0.2, 0.25) is 0 Å². The van der Waals surface area contributed by atoms with Crippen molar-refractivity contribution in [2.45, 2.75) is 6.67 Å². The third-order valence-corrected chi connectivity index (χ3v) is 1.04. The maximum Gasteiger partial charge on any atom is 0.147 e. The predicted octanol–water partition coefficient (Wildman–Crippen LogP) is 0.890. The average molecular weight is 114 g/mol. The topological polar surface area (TPSA) is 17.8 Å². The number of nitrogens with zero attached hydrogens (tertiary/aromatic N) is 2. The Labute approximate surface area is 47.0 Å². The number of hydrogen-bond donors (Lipinski definition) is 0. The standard InChI is InChI=1S/C5H7FN2/c1-8-3-2-7-5(8)4-6/h2-3H,4H2,1H3. The minimum Gasteiger partial charge on any atom is -0.336 e. The zero-order valence-electron chi connectivity index (χ0n) is 4.63. The summed E-state index contributed by atoms with van der Waals surface area (Å²) in [5.74, 6) is 0.477. The lowest BCUT2D eigenvalue weighted by Gasteiger charge is -1.90. The second-order valence-electron chi connectivity index (χ2n) is 1.59. The molecule has 0 aromatic carbocycles. The number of aryl methyl sites for hydroxylation is 1. The van der Waals surface area contributed by atoms with Gasteiger partial charge in [0, 0.05) is 19.4 Å². The molecule has 0 aliphatic rings. The van der Waals surface area contributed by atoms with Gasteiger partial charge in [-0.2, -0.15) is 0 Å². The van der Waals surface area contributed by atoms with Crippen LogP contribution >= 0.6 is 0 Å². The van der Waals surface area contributed by atoms with E-state index in [0.29, 0.717) is 5.82 Å². The molecule has 0 unspecified atom stereocenters. The Bertz CT molecular complexity index is 171. The molecule has 0 amide bonds. The van der Waals surface area contributed by atoms with Gasteiger partial charge in [-0.25, -0.2) is 9.37 Å². The maximum absolute atomic E-state index is 11.7. The summed E-state index contributed by atoms with van der Waals surface area (Å²) < 4.78 is 13.4. The SMILES string of the molecule is Cn1ccnc1CF. The molecule has 3 heteroatoms. The summed E-state index contributed by atoms with van der Waals surface area (Å²) in [7, 11) is 1.77. The third-order valence-electron chi connectivity index (χ3n) is 1.04. The van der Waals surface area contributed by atoms with E-state index in [0.717, 1.165) is 0 Å². The lowest BCUT2D eigenvalue weighted by molar-refractivity contribution is 0.455. The van der Waals surface area contributed by atoms with Crippen LogP contribution in [-0.4, -0.2) is 9.55 Å². The van der Waals surface area contributed by atoms with Gasteiger partial charge in [-0.3, -0.25) is 0 Å². The van der Waals surface area contributed by atoms with Crippen molar-refractivity contribution in [1.29, 1.82) is 0 Å². The Balaban J connectivity index is 2.92. The number of alkyl halides is 1. The van der Waals surface area contributed by atoms with Crippen molar-refractivity contribution < 1.29 is 4.39 Å². The van der Waals surface area contributed by atoms with Crippen LogP contribution in [0.25, 0.3) is 0 Å². The number of hydrogen-bond acceptors (Lipinski definition) is 1. The average Bonchev–Trinajstić information content (AvgIpc) is 2.14. The minimum absolute atomic E-state index is 0.477. The van der Waals surface area contributed by atoms with Crippen LogP contribution in [0.2, 0.25) is 0 Å². The van der Waals surface area contributed by atoms with E-state index in [9.17, 15) is 4.39 Å². The molecule has 2 nitrogen and oxygen atoms in total. The highest BCUT2D eigenvalue weighted by atomic mass is 19.1. The summed E-state index contributed by atoms with van der Waals surface area (Å²) in [4.78, 5) is 3.72. The van der Waals surface area contributed by atoms with Crippen LogP contribution in [0.4, 0.5) is 4.39 Å². The van der Waals surface area contributed by atoms with E-state index in [2.05, 4.69) is 4.98 Å². The molecule has 0 radical (unpaired) electrons. The lowest BCUT2D eigenvalue weighted by Crippen LogP contribution is -1.92. The summed E-state index contributed by atoms with van der Waals surface area (Å²) in [5, 5.41) is 0. The summed E-state index contributed by atoms with van der Waals surface area (Å²) in [6.07, 6.45) is 3.30. The van der Waals surface area contributed by atoms with Gasteiger partial charge >= 0.3 is 0 Å². The van der Waals surface area contributed by atoms with E-state index in [1.807, 2.05) is 0 Å². The van der Waals surface area contributed by atoms with E-state index in [-0.39, 0.29) is 0 Å². The molecule has 0 spiro atoms. The fraction of sp³-hybridized carbons (Fsp3) is 0.400. The maximum atomic E-state index is 11.7. The molecule has 44 valence electrons. The first kappa shape index (κ1) is 5.28. The lowest BCUT2D eigenvalue weighted by atomic mass is 10.7. The Morgan fingerprint density at radius 1 is 1.88 bits per heavy atom. The first-order valence-electron chi connectivity index (χ1n) is 2.36. The van der Waals surface area contributed by atoms with Crippen molar-refractivity contribution in [3.05, 3.63) is 18.2 Å². The van der Waals surface area contributed by atoms with Crippen molar-refractivity contribution in [3.8, 4) is 0 Å². The van der Waals surface area contributed by atoms with Gasteiger partial charge in [-0.05, 0) is 0 Å². The fourth-order valence-electron chi connectivity index (χ4n) is 0.525. The molecule has 0 fully saturated rings. The van der Waals surface area contributed by atoms with E-state index < -0.39 is 6.67 Å². The van der Waals surface area contributed by atoms with E-state index in [1.165, 1.54) is 0 Å². The monoisotopic (exact) mass is 114 g/mol. The second kappa shape index (κ2) is 1.94. The first-order valence-corrected chi connectivity index (χ1v) is 2.36. The van der Waals surface area contributed by atoms with Crippen LogP contribution in [0, 0.1) is 0 Å². The van der Waals surface area contributed by atoms with Crippen molar-refractivity contribution >= 4 is 0 Å². The minimum atomic E-state index is -0.483. The molecule has 8 heavy (non-hydrogen) atoms. The van der Waals surface area contributed by atoms with Gasteiger partial charge in [-0.1, -0.05) is 0 Å². The van der Waals surface area contributed by atoms with Crippen LogP contribution in [0.1, 0.15) is 5.82 Å². The van der Waals surface area contributed by atoms with Crippen molar-refractivity contribution in [1.82, 2.24) is 9.55 Å². The Morgan fingerprint density at radius 3 is 2.88 bits per heavy atom. The van der Waals surface area contributed by atoms with Crippen LogP contribution in [0.3, 0.4) is 0 Å². The Morgan fingerprint density at radius 2 is 2.62 bits per heavy atom. The molecule has 0 atom stereocenters. The molecule has 1 rings (SSSR count). The second-order valence-corrected chi connectivity index (χ2v) is 1.59. The summed E-state index contributed by atoms with van der Waals surface area (Å²) in [6.45, 7) is -0.483. The van der Waals surface area contributed by atoms with Crippen LogP contribution in [0.5, 0.6) is 0 Å². The molecule has 1 aromatic rings. The molecule has 0 bridgehead atoms. The van der Waals surface area contributed by atoms with Gasteiger partial charge in [0.25, 0.3) is 0 Å². The molecule has 0 saturated carbocycles. The van der Waals surface area contributed by atoms with E-state index >= 15 is 0 Å². The van der Waals surface area contributed by atoms with Crippen LogP contribution in [-0.2, 0) is 13.7 Å². The summed E-state index contributed by atoms with van der Waals surface area (Å²) in [5.41, 5.74) is 0. The van der Waals surface area contributed by atoms with Gasteiger partial charge in [-0.15, -0.1) is 0 Å². The van der Waals surface area contributed by atoms with E-state index in [4.69, 9.17) is 0 Å². The van der Waals surface area contributed by atoms with Gasteiger partial charge in [0.15, 0.2) is 0 Å². The van der Waals surface area contributed by atoms with Gasteiger partial charge < -0.3 is 4.57 Å². The van der Waals surface area contributed by atoms with E-state index in [1.54, 1.807) is 24.0 Å². The Kier molecular flexibility index (Phi) is 1.28. The normalized spacial score (nSPS) is 9.75. The number of rotatable bonds is 1. The molecular formula is C5H7FN2. The number of halogens is 1. The highest BCUT2D eigenvalue weighted by molar-refractivity contribution is 4.87. The van der Waals surface area contributed by atoms with Crippen molar-refractivity contribution in [3.63, 3.8) is 0 Å². The smallest absolute Gasteiger partial charge is 0.147 e. The van der Waals surface area contributed by atoms with Crippen LogP contribution in [0.15, 0.2) is 12.4 Å². The van der Waals surface area contributed by atoms with Crippen LogP contribution < -0.4 is 0 Å². The van der Waals surface area contributed by atoms with Crippen molar-refractivity contribution in [2.24, 2.45) is 7.05 Å². The molecule has 1 heterocycles. The van der Waals surface area contributed by atoms with Gasteiger partial charge in [0.05, 0.1) is 0 Å². The predicted molar refractivity (Wildman–Crippen MR) is 28.0 cm³/mol. The largest absolute Gasteiger partial charge is 0.336 e.